The second kappa shape index (κ2) is 12.4. The number of hydrogen-bond acceptors (Lipinski definition) is 6. The lowest BCUT2D eigenvalue weighted by Crippen LogP contribution is -2.55. The molecule has 2 aromatic rings. The van der Waals surface area contributed by atoms with Crippen molar-refractivity contribution in [2.45, 2.75) is 104 Å². The van der Waals surface area contributed by atoms with E-state index in [1.54, 1.807) is 29.2 Å². The van der Waals surface area contributed by atoms with Gasteiger partial charge in [-0.3, -0.25) is 4.79 Å². The maximum Gasteiger partial charge on any atom is 0.407 e. The van der Waals surface area contributed by atoms with Gasteiger partial charge in [-0.1, -0.05) is 65.5 Å². The lowest BCUT2D eigenvalue weighted by Gasteiger charge is -2.35. The van der Waals surface area contributed by atoms with Gasteiger partial charge in [-0.15, -0.1) is 0 Å². The third-order valence-corrected chi connectivity index (χ3v) is 8.48. The number of aromatic nitrogens is 2. The second-order valence-corrected chi connectivity index (χ2v) is 12.7. The molecule has 1 aromatic carbocycles. The molecule has 1 saturated carbocycles. The molecule has 2 aliphatic rings. The number of carbonyl (C=O) groups is 2. The molecule has 1 aliphatic carbocycles. The summed E-state index contributed by atoms with van der Waals surface area (Å²) >= 11 is 0. The molecule has 226 valence electrons. The van der Waals surface area contributed by atoms with Crippen molar-refractivity contribution in [1.82, 2.24) is 20.2 Å². The summed E-state index contributed by atoms with van der Waals surface area (Å²) in [6, 6.07) is 5.84. The molecule has 1 aliphatic heterocycles. The minimum atomic E-state index is -3.21. The highest BCUT2D eigenvalue weighted by Gasteiger charge is 2.47. The number of alkyl halides is 2. The molecule has 4 atom stereocenters. The first-order valence-corrected chi connectivity index (χ1v) is 14.8. The summed E-state index contributed by atoms with van der Waals surface area (Å²) < 4.78 is 42.5. The van der Waals surface area contributed by atoms with Gasteiger partial charge >= 0.3 is 6.09 Å². The number of nitrogens with one attached hydrogen (secondary N) is 1. The van der Waals surface area contributed by atoms with Gasteiger partial charge in [0.05, 0.1) is 24.7 Å². The van der Waals surface area contributed by atoms with Gasteiger partial charge in [-0.05, 0) is 43.2 Å². The number of halogens is 2. The van der Waals surface area contributed by atoms with Gasteiger partial charge in [0.2, 0.25) is 11.8 Å². The summed E-state index contributed by atoms with van der Waals surface area (Å²) in [4.78, 5) is 36.4. The van der Waals surface area contributed by atoms with Crippen molar-refractivity contribution in [2.24, 2.45) is 17.3 Å². The molecular weight excluding hydrogens is 530 g/mol. The molecule has 1 saturated heterocycles. The van der Waals surface area contributed by atoms with Crippen LogP contribution in [-0.4, -0.2) is 58.7 Å². The monoisotopic (exact) mass is 574 g/mol. The first-order valence-electron chi connectivity index (χ1n) is 14.8. The van der Waals surface area contributed by atoms with Crippen molar-refractivity contribution < 1.29 is 27.8 Å². The molecule has 1 N–H and O–H groups in total. The van der Waals surface area contributed by atoms with E-state index in [1.807, 2.05) is 34.6 Å². The van der Waals surface area contributed by atoms with E-state index in [1.165, 1.54) is 20.0 Å². The normalized spacial score (nSPS) is 22.0. The zero-order valence-corrected chi connectivity index (χ0v) is 25.1. The Bertz CT molecular complexity index is 1230. The van der Waals surface area contributed by atoms with Crippen molar-refractivity contribution in [3.05, 3.63) is 30.0 Å². The summed E-state index contributed by atoms with van der Waals surface area (Å²) in [6.07, 6.45) is 3.64. The van der Waals surface area contributed by atoms with Gasteiger partial charge in [0.15, 0.2) is 5.69 Å². The van der Waals surface area contributed by atoms with Crippen LogP contribution in [0.4, 0.5) is 13.6 Å². The Labute approximate surface area is 241 Å². The maximum absolute atomic E-state index is 15.7. The van der Waals surface area contributed by atoms with Crippen molar-refractivity contribution in [1.29, 1.82) is 0 Å². The van der Waals surface area contributed by atoms with E-state index in [4.69, 9.17) is 9.47 Å². The average molecular weight is 575 g/mol. The van der Waals surface area contributed by atoms with Gasteiger partial charge in [0.25, 0.3) is 5.92 Å². The molecule has 2 fully saturated rings. The molecule has 0 bridgehead atoms. The van der Waals surface area contributed by atoms with Gasteiger partial charge in [-0.25, -0.2) is 14.8 Å². The Morgan fingerprint density at radius 2 is 1.78 bits per heavy atom. The van der Waals surface area contributed by atoms with Crippen molar-refractivity contribution >= 4 is 23.0 Å². The number of amides is 2. The van der Waals surface area contributed by atoms with Crippen LogP contribution in [0.25, 0.3) is 11.0 Å². The van der Waals surface area contributed by atoms with E-state index in [9.17, 15) is 9.59 Å². The Hall–Kier alpha value is -3.04. The smallest absolute Gasteiger partial charge is 0.407 e. The highest BCUT2D eigenvalue weighted by atomic mass is 19.3. The Balaban J connectivity index is 1.60. The highest BCUT2D eigenvalue weighted by molar-refractivity contribution is 5.87. The molecule has 1 unspecified atom stereocenters. The number of benzene rings is 1. The van der Waals surface area contributed by atoms with E-state index >= 15 is 8.78 Å². The largest absolute Gasteiger partial charge is 0.471 e. The van der Waals surface area contributed by atoms with E-state index in [2.05, 4.69) is 15.3 Å². The van der Waals surface area contributed by atoms with Crippen molar-refractivity contribution in [3.8, 4) is 5.88 Å². The maximum atomic E-state index is 15.7. The minimum Gasteiger partial charge on any atom is -0.471 e. The molecular formula is C31H44F2N4O4. The molecule has 0 radical (unpaired) electrons. The summed E-state index contributed by atoms with van der Waals surface area (Å²) in [5.41, 5.74) is -0.185. The quantitative estimate of drug-likeness (QED) is 0.309. The fraction of sp³-hybridized carbons (Fsp3) is 0.677. The van der Waals surface area contributed by atoms with Crippen molar-refractivity contribution in [3.63, 3.8) is 0 Å². The van der Waals surface area contributed by atoms with Crippen LogP contribution in [0.3, 0.4) is 0 Å². The number of hydrogen-bond donors (Lipinski definition) is 1. The molecule has 8 nitrogen and oxygen atoms in total. The number of ether oxygens (including phenoxy) is 2. The summed E-state index contributed by atoms with van der Waals surface area (Å²) in [5.74, 6) is -3.10. The van der Waals surface area contributed by atoms with E-state index in [0.717, 1.165) is 12.8 Å². The van der Waals surface area contributed by atoms with E-state index in [0.29, 0.717) is 29.8 Å². The summed E-state index contributed by atoms with van der Waals surface area (Å²) in [6.45, 7) is 9.67. The standard InChI is InChI=1S/C31H44F2N4O4/c1-7-21-19(2)37(28(38)26(30(3,4)5)36-29(39)40-6)18-24(21)41-27-25(34-22-13-8-9-14-23(22)35-27)31(32,33)17-11-10-12-20-15-16-20/h8-9,13-14,19-21,24,26H,7,10-12,15-18H2,1-6H3,(H,36,39)/t19-,21+,24+,26?/m1/s1. The number of likely N-dealkylation sites (tertiary alicyclic amines) is 1. The topological polar surface area (TPSA) is 93.7 Å². The van der Waals surface area contributed by atoms with Crippen LogP contribution >= 0.6 is 0 Å². The molecule has 0 spiro atoms. The molecule has 41 heavy (non-hydrogen) atoms. The van der Waals surface area contributed by atoms with Gasteiger partial charge < -0.3 is 19.7 Å². The molecule has 2 amide bonds. The first kappa shape index (κ1) is 30.9. The lowest BCUT2D eigenvalue weighted by molar-refractivity contribution is -0.137. The Morgan fingerprint density at radius 3 is 2.37 bits per heavy atom. The SMILES string of the molecule is CC[C@@H]1[C@@H](Oc2nc3ccccc3nc2C(F)(F)CCCCC2CC2)CN(C(=O)C(NC(=O)OC)C(C)(C)C)[C@@H]1C. The number of rotatable bonds is 11. The number of fused-ring (bicyclic) bond motifs is 1. The number of carbonyl (C=O) groups excluding carboxylic acids is 2. The van der Waals surface area contributed by atoms with Gasteiger partial charge in [0, 0.05) is 18.4 Å². The third-order valence-electron chi connectivity index (χ3n) is 8.48. The fourth-order valence-electron chi connectivity index (χ4n) is 5.80. The van der Waals surface area contributed by atoms with Crippen molar-refractivity contribution in [2.75, 3.05) is 13.7 Å². The molecule has 2 heterocycles. The number of para-hydroxylation sites is 2. The predicted octanol–water partition coefficient (Wildman–Crippen LogP) is 6.47. The summed E-state index contributed by atoms with van der Waals surface area (Å²) in [5, 5.41) is 2.67. The highest BCUT2D eigenvalue weighted by Crippen LogP contribution is 2.41. The Morgan fingerprint density at radius 1 is 1.12 bits per heavy atom. The van der Waals surface area contributed by atoms with E-state index in [-0.39, 0.29) is 36.7 Å². The average Bonchev–Trinajstić information content (AvgIpc) is 3.70. The van der Waals surface area contributed by atoms with Crippen LogP contribution in [0.1, 0.15) is 85.3 Å². The van der Waals surface area contributed by atoms with Gasteiger partial charge in [0.1, 0.15) is 12.1 Å². The fourth-order valence-corrected chi connectivity index (χ4v) is 5.80. The van der Waals surface area contributed by atoms with Gasteiger partial charge in [-0.2, -0.15) is 8.78 Å². The third kappa shape index (κ3) is 7.25. The summed E-state index contributed by atoms with van der Waals surface area (Å²) in [7, 11) is 1.25. The number of unbranched alkanes of at least 4 members (excludes halogenated alkanes) is 1. The van der Waals surface area contributed by atoms with Crippen LogP contribution in [0.5, 0.6) is 5.88 Å². The first-order chi connectivity index (χ1) is 19.4. The molecule has 4 rings (SSSR count). The van der Waals surface area contributed by atoms with Crippen LogP contribution in [0.2, 0.25) is 0 Å². The van der Waals surface area contributed by atoms with Crippen LogP contribution < -0.4 is 10.1 Å². The number of methoxy groups -OCH3 is 1. The van der Waals surface area contributed by atoms with Crippen LogP contribution in [0.15, 0.2) is 24.3 Å². The Kier molecular flexibility index (Phi) is 9.39. The molecule has 10 heteroatoms. The second-order valence-electron chi connectivity index (χ2n) is 12.7. The zero-order chi connectivity index (χ0) is 29.9. The van der Waals surface area contributed by atoms with E-state index < -0.39 is 35.3 Å². The minimum absolute atomic E-state index is 0.133. The molecule has 1 aromatic heterocycles. The number of nitrogens with zero attached hydrogens (tertiary/aromatic N) is 3. The van der Waals surface area contributed by atoms with Crippen LogP contribution in [0, 0.1) is 17.3 Å². The lowest BCUT2D eigenvalue weighted by atomic mass is 9.85. The van der Waals surface area contributed by atoms with Crippen LogP contribution in [-0.2, 0) is 15.5 Å². The number of alkyl carbamates (subject to hydrolysis) is 1. The zero-order valence-electron chi connectivity index (χ0n) is 25.1. The predicted molar refractivity (Wildman–Crippen MR) is 153 cm³/mol.